The molecule has 1 aromatic rings. The van der Waals surface area contributed by atoms with Crippen LogP contribution in [0.1, 0.15) is 12.8 Å². The molecular formula is C12H12O2S. The summed E-state index contributed by atoms with van der Waals surface area (Å²) in [6.07, 6.45) is 7.09. The molecule has 0 atom stereocenters. The minimum Gasteiger partial charge on any atom is -0.219 e. The Labute approximate surface area is 89.9 Å². The van der Waals surface area contributed by atoms with Crippen molar-refractivity contribution in [3.05, 3.63) is 53.5 Å². The van der Waals surface area contributed by atoms with E-state index in [2.05, 4.69) is 0 Å². The summed E-state index contributed by atoms with van der Waals surface area (Å²) in [7, 11) is -3.29. The van der Waals surface area contributed by atoms with Gasteiger partial charge in [0.1, 0.15) is 0 Å². The predicted octanol–water partition coefficient (Wildman–Crippen LogP) is 2.69. The lowest BCUT2D eigenvalue weighted by Crippen LogP contribution is -2.04. The molecule has 3 heteroatoms. The van der Waals surface area contributed by atoms with E-state index < -0.39 is 9.84 Å². The van der Waals surface area contributed by atoms with Crippen LogP contribution in [-0.2, 0) is 9.84 Å². The Bertz CT molecular complexity index is 496. The highest BCUT2D eigenvalue weighted by Gasteiger charge is 2.18. The van der Waals surface area contributed by atoms with Crippen molar-refractivity contribution in [1.29, 1.82) is 0 Å². The molecule has 0 unspecified atom stereocenters. The van der Waals surface area contributed by atoms with Gasteiger partial charge in [-0.25, -0.2) is 8.42 Å². The summed E-state index contributed by atoms with van der Waals surface area (Å²) in [5, 5.41) is 0. The van der Waals surface area contributed by atoms with Gasteiger partial charge in [0.25, 0.3) is 0 Å². The second-order valence-electron chi connectivity index (χ2n) is 3.40. The summed E-state index contributed by atoms with van der Waals surface area (Å²) in [5.41, 5.74) is 0. The highest BCUT2D eigenvalue weighted by atomic mass is 32.2. The lowest BCUT2D eigenvalue weighted by Gasteiger charge is -2.08. The van der Waals surface area contributed by atoms with Gasteiger partial charge in [0.2, 0.25) is 9.84 Å². The van der Waals surface area contributed by atoms with Crippen LogP contribution in [0.2, 0.25) is 0 Å². The van der Waals surface area contributed by atoms with Gasteiger partial charge in [0, 0.05) is 0 Å². The van der Waals surface area contributed by atoms with Crippen LogP contribution in [0, 0.1) is 0 Å². The van der Waals surface area contributed by atoms with E-state index in [0.29, 0.717) is 9.80 Å². The van der Waals surface area contributed by atoms with Gasteiger partial charge in [-0.05, 0) is 31.1 Å². The molecule has 78 valence electrons. The Morgan fingerprint density at radius 2 is 1.73 bits per heavy atom. The molecule has 15 heavy (non-hydrogen) atoms. The van der Waals surface area contributed by atoms with Crippen LogP contribution in [0.4, 0.5) is 0 Å². The maximum Gasteiger partial charge on any atom is 0.206 e. The highest BCUT2D eigenvalue weighted by molar-refractivity contribution is 7.95. The van der Waals surface area contributed by atoms with Gasteiger partial charge in [-0.1, -0.05) is 30.4 Å². The third-order valence-electron chi connectivity index (χ3n) is 2.32. The van der Waals surface area contributed by atoms with Gasteiger partial charge < -0.3 is 0 Å². The minimum atomic E-state index is -3.29. The summed E-state index contributed by atoms with van der Waals surface area (Å²) in [6, 6.07) is 8.53. The van der Waals surface area contributed by atoms with Crippen molar-refractivity contribution >= 4 is 9.84 Å². The summed E-state index contributed by atoms with van der Waals surface area (Å²) >= 11 is 0. The van der Waals surface area contributed by atoms with Gasteiger partial charge in [0.15, 0.2) is 0 Å². The normalized spacial score (nSPS) is 16.1. The number of rotatable bonds is 2. The maximum atomic E-state index is 12.1. The first kappa shape index (κ1) is 10.2. The average molecular weight is 220 g/mol. The molecular weight excluding hydrogens is 208 g/mol. The van der Waals surface area contributed by atoms with Gasteiger partial charge >= 0.3 is 0 Å². The smallest absolute Gasteiger partial charge is 0.206 e. The molecule has 0 heterocycles. The van der Waals surface area contributed by atoms with Crippen LogP contribution < -0.4 is 0 Å². The number of hydrogen-bond donors (Lipinski definition) is 0. The second-order valence-corrected chi connectivity index (χ2v) is 5.35. The fraction of sp³-hybridized carbons (Fsp3) is 0.167. The van der Waals surface area contributed by atoms with Gasteiger partial charge in [-0.15, -0.1) is 0 Å². The fourth-order valence-corrected chi connectivity index (χ4v) is 2.92. The van der Waals surface area contributed by atoms with Gasteiger partial charge in [0.05, 0.1) is 9.80 Å². The monoisotopic (exact) mass is 220 g/mol. The Kier molecular flexibility index (Phi) is 2.73. The van der Waals surface area contributed by atoms with Crippen LogP contribution in [0.25, 0.3) is 0 Å². The van der Waals surface area contributed by atoms with Crippen molar-refractivity contribution in [3.8, 4) is 0 Å². The summed E-state index contributed by atoms with van der Waals surface area (Å²) in [6.45, 7) is 0. The zero-order valence-corrected chi connectivity index (χ0v) is 9.07. The molecule has 0 aliphatic heterocycles. The zero-order chi connectivity index (χ0) is 10.7. The molecule has 0 spiro atoms. The summed E-state index contributed by atoms with van der Waals surface area (Å²) in [5.74, 6) is 0. The van der Waals surface area contributed by atoms with Crippen LogP contribution >= 0.6 is 0 Å². The van der Waals surface area contributed by atoms with E-state index >= 15 is 0 Å². The van der Waals surface area contributed by atoms with Crippen molar-refractivity contribution in [2.75, 3.05) is 0 Å². The molecule has 1 aliphatic rings. The third-order valence-corrected chi connectivity index (χ3v) is 4.14. The number of hydrogen-bond acceptors (Lipinski definition) is 2. The minimum absolute atomic E-state index is 0.364. The molecule has 0 aromatic heterocycles. The zero-order valence-electron chi connectivity index (χ0n) is 8.26. The van der Waals surface area contributed by atoms with E-state index in [1.165, 1.54) is 0 Å². The molecule has 0 saturated heterocycles. The lowest BCUT2D eigenvalue weighted by atomic mass is 10.2. The van der Waals surface area contributed by atoms with Crippen LogP contribution in [0.15, 0.2) is 58.4 Å². The van der Waals surface area contributed by atoms with E-state index in [9.17, 15) is 8.42 Å². The predicted molar refractivity (Wildman–Crippen MR) is 60.1 cm³/mol. The average Bonchev–Trinajstić information content (AvgIpc) is 2.31. The maximum absolute atomic E-state index is 12.1. The number of allylic oxidation sites excluding steroid dienone is 3. The van der Waals surface area contributed by atoms with Gasteiger partial charge in [-0.3, -0.25) is 0 Å². The Hall–Kier alpha value is -1.35. The van der Waals surface area contributed by atoms with Crippen molar-refractivity contribution in [1.82, 2.24) is 0 Å². The highest BCUT2D eigenvalue weighted by Crippen LogP contribution is 2.23. The number of sulfone groups is 1. The first-order valence-electron chi connectivity index (χ1n) is 4.88. The molecule has 0 amide bonds. The van der Waals surface area contributed by atoms with Crippen molar-refractivity contribution in [2.24, 2.45) is 0 Å². The van der Waals surface area contributed by atoms with E-state index in [-0.39, 0.29) is 0 Å². The third kappa shape index (κ3) is 2.02. The fourth-order valence-electron chi connectivity index (χ4n) is 1.52. The molecule has 2 nitrogen and oxygen atoms in total. The first-order chi connectivity index (χ1) is 7.21. The summed E-state index contributed by atoms with van der Waals surface area (Å²) < 4.78 is 24.1. The first-order valence-corrected chi connectivity index (χ1v) is 6.36. The molecule has 1 aromatic carbocycles. The van der Waals surface area contributed by atoms with Crippen LogP contribution in [-0.4, -0.2) is 8.42 Å². The Morgan fingerprint density at radius 3 is 2.33 bits per heavy atom. The van der Waals surface area contributed by atoms with Crippen molar-refractivity contribution in [2.45, 2.75) is 17.7 Å². The largest absolute Gasteiger partial charge is 0.219 e. The van der Waals surface area contributed by atoms with Crippen molar-refractivity contribution < 1.29 is 8.42 Å². The molecule has 2 rings (SSSR count). The van der Waals surface area contributed by atoms with Crippen LogP contribution in [0.3, 0.4) is 0 Å². The SMILES string of the molecule is O=S(=O)(C1=CCCC=C1)c1ccccc1. The summed E-state index contributed by atoms with van der Waals surface area (Å²) in [4.78, 5) is 0.780. The quantitative estimate of drug-likeness (QED) is 0.768. The molecule has 1 aliphatic carbocycles. The lowest BCUT2D eigenvalue weighted by molar-refractivity contribution is 0.602. The van der Waals surface area contributed by atoms with Crippen LogP contribution in [0.5, 0.6) is 0 Å². The molecule has 0 bridgehead atoms. The van der Waals surface area contributed by atoms with E-state index in [0.717, 1.165) is 12.8 Å². The van der Waals surface area contributed by atoms with Gasteiger partial charge in [-0.2, -0.15) is 0 Å². The van der Waals surface area contributed by atoms with E-state index in [1.807, 2.05) is 12.1 Å². The Morgan fingerprint density at radius 1 is 1.00 bits per heavy atom. The standard InChI is InChI=1S/C12H12O2S/c13-15(14,11-7-3-1-4-8-11)12-9-5-2-6-10-12/h1,3-5,7-10H,2,6H2. The second kappa shape index (κ2) is 4.03. The molecule has 0 saturated carbocycles. The van der Waals surface area contributed by atoms with E-state index in [4.69, 9.17) is 0 Å². The Balaban J connectivity index is 2.44. The van der Waals surface area contributed by atoms with Crippen molar-refractivity contribution in [3.63, 3.8) is 0 Å². The topological polar surface area (TPSA) is 34.1 Å². The molecule has 0 N–H and O–H groups in total. The van der Waals surface area contributed by atoms with E-state index in [1.54, 1.807) is 36.4 Å². The number of benzene rings is 1. The molecule has 0 radical (unpaired) electrons. The molecule has 0 fully saturated rings.